The smallest absolute Gasteiger partial charge is 0.303 e. The summed E-state index contributed by atoms with van der Waals surface area (Å²) >= 11 is 0. The van der Waals surface area contributed by atoms with Gasteiger partial charge in [-0.3, -0.25) is 33.8 Å². The average molecular weight is 413 g/mol. The van der Waals surface area contributed by atoms with Crippen LogP contribution in [0.3, 0.4) is 0 Å². The van der Waals surface area contributed by atoms with Crippen molar-refractivity contribution >= 4 is 35.3 Å². The first-order chi connectivity index (χ1) is 14.3. The van der Waals surface area contributed by atoms with Crippen LogP contribution in [0.15, 0.2) is 18.2 Å². The number of aliphatic carboxylic acids is 1. The largest absolute Gasteiger partial charge is 0.481 e. The fourth-order valence-electron chi connectivity index (χ4n) is 4.51. The fraction of sp³-hybridized carbons (Fsp3) is 0.476. The van der Waals surface area contributed by atoms with Gasteiger partial charge in [-0.1, -0.05) is 0 Å². The van der Waals surface area contributed by atoms with Crippen LogP contribution in [-0.4, -0.2) is 70.7 Å². The Kier molecular flexibility index (Phi) is 5.05. The molecular formula is C21H23N3O6. The zero-order valence-electron chi connectivity index (χ0n) is 16.7. The van der Waals surface area contributed by atoms with Crippen molar-refractivity contribution in [2.24, 2.45) is 5.92 Å². The molecule has 3 heterocycles. The maximum atomic E-state index is 13.0. The summed E-state index contributed by atoms with van der Waals surface area (Å²) in [5.74, 6) is -2.53. The number of nitrogens with zero attached hydrogens (tertiary/aromatic N) is 3. The highest BCUT2D eigenvalue weighted by atomic mass is 16.4. The maximum absolute atomic E-state index is 13.0. The predicted molar refractivity (Wildman–Crippen MR) is 105 cm³/mol. The molecule has 0 radical (unpaired) electrons. The third kappa shape index (κ3) is 3.34. The molecule has 3 aliphatic heterocycles. The molecule has 0 saturated carbocycles. The van der Waals surface area contributed by atoms with E-state index in [-0.39, 0.29) is 42.2 Å². The third-order valence-electron chi connectivity index (χ3n) is 6.28. The zero-order chi connectivity index (χ0) is 21.6. The number of piperidine rings is 2. The molecule has 2 fully saturated rings. The van der Waals surface area contributed by atoms with Crippen LogP contribution in [0.2, 0.25) is 0 Å². The first kappa shape index (κ1) is 20.1. The van der Waals surface area contributed by atoms with Gasteiger partial charge in [-0.05, 0) is 43.4 Å². The van der Waals surface area contributed by atoms with Gasteiger partial charge < -0.3 is 10.0 Å². The minimum atomic E-state index is -0.963. The molecule has 1 atom stereocenters. The first-order valence-electron chi connectivity index (χ1n) is 10.1. The van der Waals surface area contributed by atoms with Gasteiger partial charge in [0.2, 0.25) is 5.91 Å². The number of likely N-dealkylation sites (N-methyl/N-ethyl adjacent to an activating group) is 1. The zero-order valence-corrected chi connectivity index (χ0v) is 16.7. The number of hydrogen-bond donors (Lipinski definition) is 1. The molecule has 1 N–H and O–H groups in total. The number of benzene rings is 1. The van der Waals surface area contributed by atoms with Crippen molar-refractivity contribution in [1.29, 1.82) is 0 Å². The van der Waals surface area contributed by atoms with Crippen molar-refractivity contribution in [3.05, 3.63) is 29.3 Å². The van der Waals surface area contributed by atoms with E-state index < -0.39 is 29.7 Å². The molecule has 1 aromatic rings. The molecule has 30 heavy (non-hydrogen) atoms. The lowest BCUT2D eigenvalue weighted by Crippen LogP contribution is -2.54. The van der Waals surface area contributed by atoms with Crippen molar-refractivity contribution < 1.29 is 29.1 Å². The van der Waals surface area contributed by atoms with E-state index in [0.717, 1.165) is 28.3 Å². The van der Waals surface area contributed by atoms with E-state index in [1.54, 1.807) is 18.2 Å². The first-order valence-corrected chi connectivity index (χ1v) is 10.1. The highest BCUT2D eigenvalue weighted by molar-refractivity contribution is 6.23. The Morgan fingerprint density at radius 1 is 1.03 bits per heavy atom. The van der Waals surface area contributed by atoms with Gasteiger partial charge in [0, 0.05) is 38.7 Å². The Morgan fingerprint density at radius 3 is 2.37 bits per heavy atom. The molecule has 1 aromatic carbocycles. The molecule has 0 spiro atoms. The van der Waals surface area contributed by atoms with Gasteiger partial charge in [0.25, 0.3) is 17.7 Å². The van der Waals surface area contributed by atoms with Crippen LogP contribution in [0.5, 0.6) is 0 Å². The average Bonchev–Trinajstić information content (AvgIpc) is 2.97. The van der Waals surface area contributed by atoms with Gasteiger partial charge in [-0.25, -0.2) is 0 Å². The van der Waals surface area contributed by atoms with Gasteiger partial charge in [-0.2, -0.15) is 0 Å². The van der Waals surface area contributed by atoms with Gasteiger partial charge in [-0.15, -0.1) is 0 Å². The highest BCUT2D eigenvalue weighted by Crippen LogP contribution is 2.33. The number of fused-ring (bicyclic) bond motifs is 1. The fourth-order valence-corrected chi connectivity index (χ4v) is 4.51. The van der Waals surface area contributed by atoms with Crippen molar-refractivity contribution in [3.63, 3.8) is 0 Å². The Balaban J connectivity index is 1.52. The van der Waals surface area contributed by atoms with E-state index in [1.807, 2.05) is 0 Å². The number of carbonyl (C=O) groups excluding carboxylic acids is 4. The number of imide groups is 2. The molecule has 9 heteroatoms. The molecule has 3 aliphatic rings. The molecule has 4 amide bonds. The summed E-state index contributed by atoms with van der Waals surface area (Å²) in [6, 6.07) is 4.10. The van der Waals surface area contributed by atoms with Crippen LogP contribution in [0, 0.1) is 5.92 Å². The second-order valence-corrected chi connectivity index (χ2v) is 8.08. The van der Waals surface area contributed by atoms with Crippen molar-refractivity contribution in [2.75, 3.05) is 25.0 Å². The molecule has 2 saturated heterocycles. The second kappa shape index (κ2) is 7.55. The molecule has 4 rings (SSSR count). The Morgan fingerprint density at radius 2 is 1.70 bits per heavy atom. The van der Waals surface area contributed by atoms with Crippen molar-refractivity contribution in [1.82, 2.24) is 9.80 Å². The minimum absolute atomic E-state index is 0.108. The summed E-state index contributed by atoms with van der Waals surface area (Å²) in [7, 11) is 1.36. The van der Waals surface area contributed by atoms with E-state index >= 15 is 0 Å². The summed E-state index contributed by atoms with van der Waals surface area (Å²) in [5.41, 5.74) is 1.32. The highest BCUT2D eigenvalue weighted by Gasteiger charge is 2.46. The Hall–Kier alpha value is -3.23. The van der Waals surface area contributed by atoms with Crippen LogP contribution in [0.25, 0.3) is 0 Å². The number of carboxylic acid groups (broad SMARTS) is 1. The number of anilines is 1. The summed E-state index contributed by atoms with van der Waals surface area (Å²) in [4.78, 5) is 65.0. The number of carboxylic acids is 1. The maximum Gasteiger partial charge on any atom is 0.303 e. The molecule has 0 aromatic heterocycles. The third-order valence-corrected chi connectivity index (χ3v) is 6.28. The normalized spacial score (nSPS) is 22.7. The molecule has 158 valence electrons. The molecule has 1 unspecified atom stereocenters. The van der Waals surface area contributed by atoms with Gasteiger partial charge in [0.15, 0.2) is 0 Å². The summed E-state index contributed by atoms with van der Waals surface area (Å²) in [5, 5.41) is 8.96. The van der Waals surface area contributed by atoms with E-state index in [2.05, 4.69) is 4.90 Å². The van der Waals surface area contributed by atoms with E-state index in [0.29, 0.717) is 13.1 Å². The number of carbonyl (C=O) groups is 5. The minimum Gasteiger partial charge on any atom is -0.481 e. The summed E-state index contributed by atoms with van der Waals surface area (Å²) < 4.78 is 0. The number of amides is 4. The van der Waals surface area contributed by atoms with Crippen LogP contribution < -0.4 is 4.90 Å². The Labute approximate surface area is 173 Å². The van der Waals surface area contributed by atoms with Gasteiger partial charge in [0.05, 0.1) is 11.1 Å². The van der Waals surface area contributed by atoms with Crippen molar-refractivity contribution in [2.45, 2.75) is 38.1 Å². The number of rotatable bonds is 4. The van der Waals surface area contributed by atoms with Crippen LogP contribution >= 0.6 is 0 Å². The SMILES string of the molecule is CN1C(=O)CCC(N2C(=O)c3ccc(N4CCC(CC(=O)O)CC4)cc3C2=O)C1=O. The van der Waals surface area contributed by atoms with E-state index in [1.165, 1.54) is 7.05 Å². The standard InChI is InChI=1S/C21H23N3O6/c1-22-17(25)5-4-16(21(22)30)24-19(28)14-3-2-13(11-15(14)20(24)29)23-8-6-12(7-9-23)10-18(26)27/h2-3,11-12,16H,4-10H2,1H3,(H,26,27). The predicted octanol–water partition coefficient (Wildman–Crippen LogP) is 1.12. The van der Waals surface area contributed by atoms with Crippen molar-refractivity contribution in [3.8, 4) is 0 Å². The lowest BCUT2D eigenvalue weighted by molar-refractivity contribution is -0.149. The topological polar surface area (TPSA) is 115 Å². The monoisotopic (exact) mass is 413 g/mol. The summed E-state index contributed by atoms with van der Waals surface area (Å²) in [6.07, 6.45) is 1.90. The molecule has 0 aliphatic carbocycles. The van der Waals surface area contributed by atoms with Gasteiger partial charge >= 0.3 is 5.97 Å². The van der Waals surface area contributed by atoms with Crippen LogP contribution in [0.1, 0.15) is 52.8 Å². The number of likely N-dealkylation sites (tertiary alicyclic amines) is 1. The molecule has 9 nitrogen and oxygen atoms in total. The molecular weight excluding hydrogens is 390 g/mol. The van der Waals surface area contributed by atoms with E-state index in [9.17, 15) is 24.0 Å². The number of hydrogen-bond acceptors (Lipinski definition) is 6. The second-order valence-electron chi connectivity index (χ2n) is 8.08. The molecule has 0 bridgehead atoms. The lowest BCUT2D eigenvalue weighted by atomic mass is 9.93. The Bertz CT molecular complexity index is 950. The van der Waals surface area contributed by atoms with Crippen LogP contribution in [0.4, 0.5) is 5.69 Å². The summed E-state index contributed by atoms with van der Waals surface area (Å²) in [6.45, 7) is 1.35. The lowest BCUT2D eigenvalue weighted by Gasteiger charge is -2.33. The van der Waals surface area contributed by atoms with Gasteiger partial charge in [0.1, 0.15) is 6.04 Å². The van der Waals surface area contributed by atoms with E-state index in [4.69, 9.17) is 5.11 Å². The quantitative estimate of drug-likeness (QED) is 0.736. The van der Waals surface area contributed by atoms with Crippen LogP contribution in [-0.2, 0) is 14.4 Å².